The van der Waals surface area contributed by atoms with Crippen molar-refractivity contribution < 1.29 is 19.2 Å². The van der Waals surface area contributed by atoms with E-state index in [4.69, 9.17) is 23.1 Å². The lowest BCUT2D eigenvalue weighted by molar-refractivity contribution is -0.120. The second-order valence-electron chi connectivity index (χ2n) is 9.13. The number of fused-ring (bicyclic) bond motifs is 1. The number of rotatable bonds is 13. The highest BCUT2D eigenvalue weighted by molar-refractivity contribution is 6.29. The number of primary amides is 1. The number of carbonyl (C=O) groups excluding carboxylic acids is 4. The van der Waals surface area contributed by atoms with Gasteiger partial charge in [0.25, 0.3) is 5.91 Å². The number of hydrogen-bond donors (Lipinski definition) is 5. The molecule has 1 unspecified atom stereocenters. The molecule has 4 rings (SSSR count). The SMILES string of the molecule is CNc1ccc2c(c1)c(C(N)=O)nn2CC(=O)CCC(CC=O)CCN.CNc1cccc(Cl)n1.O=Cc1cc[nH]c1. The summed E-state index contributed by atoms with van der Waals surface area (Å²) in [5.74, 6) is 0.261. The number of nitrogens with zero attached hydrogens (tertiary/aromatic N) is 3. The average Bonchev–Trinajstić information content (AvgIpc) is 3.65. The number of hydrogen-bond acceptors (Lipinski definition) is 9. The summed E-state index contributed by atoms with van der Waals surface area (Å²) in [5, 5.41) is 11.2. The summed E-state index contributed by atoms with van der Waals surface area (Å²) in [7, 11) is 3.58. The van der Waals surface area contributed by atoms with E-state index in [1.54, 1.807) is 50.8 Å². The number of carbonyl (C=O) groups is 4. The first-order valence-corrected chi connectivity index (χ1v) is 13.7. The Balaban J connectivity index is 0.000000310. The van der Waals surface area contributed by atoms with Crippen LogP contribution >= 0.6 is 11.6 Å². The third-order valence-corrected chi connectivity index (χ3v) is 6.37. The van der Waals surface area contributed by atoms with E-state index in [2.05, 4.69) is 25.7 Å². The van der Waals surface area contributed by atoms with E-state index in [-0.39, 0.29) is 23.9 Å². The average molecular weight is 597 g/mol. The lowest BCUT2D eigenvalue weighted by atomic mass is 9.95. The van der Waals surface area contributed by atoms with Crippen molar-refractivity contribution in [3.63, 3.8) is 0 Å². The first-order chi connectivity index (χ1) is 20.3. The number of Topliss-reactive ketones (excluding diaryl/α,β-unsaturated/α-hetero) is 1. The molecular weight excluding hydrogens is 560 g/mol. The molecule has 0 aliphatic carbocycles. The maximum Gasteiger partial charge on any atom is 0.269 e. The molecule has 13 heteroatoms. The quantitative estimate of drug-likeness (QED) is 0.113. The molecule has 7 N–H and O–H groups in total. The van der Waals surface area contributed by atoms with Gasteiger partial charge in [-0.1, -0.05) is 17.7 Å². The lowest BCUT2D eigenvalue weighted by Gasteiger charge is -2.12. The minimum absolute atomic E-state index is 0.0176. The predicted molar refractivity (Wildman–Crippen MR) is 165 cm³/mol. The Morgan fingerprint density at radius 1 is 1.12 bits per heavy atom. The van der Waals surface area contributed by atoms with Gasteiger partial charge in [-0.05, 0) is 61.7 Å². The number of amides is 1. The fourth-order valence-corrected chi connectivity index (χ4v) is 4.12. The third-order valence-electron chi connectivity index (χ3n) is 6.16. The Morgan fingerprint density at radius 2 is 1.90 bits per heavy atom. The summed E-state index contributed by atoms with van der Waals surface area (Å²) in [5.41, 5.74) is 13.3. The van der Waals surface area contributed by atoms with Gasteiger partial charge in [-0.25, -0.2) is 4.98 Å². The van der Waals surface area contributed by atoms with Crippen LogP contribution in [0.5, 0.6) is 0 Å². The molecular formula is C29H37ClN8O4. The number of halogens is 1. The van der Waals surface area contributed by atoms with Crippen LogP contribution < -0.4 is 22.1 Å². The molecule has 0 spiro atoms. The van der Waals surface area contributed by atoms with Crippen LogP contribution in [0, 0.1) is 5.92 Å². The summed E-state index contributed by atoms with van der Waals surface area (Å²) >= 11 is 5.57. The van der Waals surface area contributed by atoms with E-state index in [9.17, 15) is 19.2 Å². The monoisotopic (exact) mass is 596 g/mol. The van der Waals surface area contributed by atoms with Crippen molar-refractivity contribution in [3.05, 3.63) is 71.3 Å². The number of H-pyrrole nitrogens is 1. The number of aldehydes is 2. The van der Waals surface area contributed by atoms with Crippen LogP contribution in [0.4, 0.5) is 11.5 Å². The Bertz CT molecular complexity index is 1440. The summed E-state index contributed by atoms with van der Waals surface area (Å²) in [6.07, 6.45) is 7.10. The predicted octanol–water partition coefficient (Wildman–Crippen LogP) is 3.68. The third kappa shape index (κ3) is 10.8. The molecule has 0 aliphatic heterocycles. The number of aromatic amines is 1. The van der Waals surface area contributed by atoms with Gasteiger partial charge in [0, 0.05) is 56.0 Å². The van der Waals surface area contributed by atoms with Crippen molar-refractivity contribution in [1.29, 1.82) is 0 Å². The highest BCUT2D eigenvalue weighted by atomic mass is 35.5. The fraction of sp³-hybridized carbons (Fsp3) is 0.310. The van der Waals surface area contributed by atoms with Crippen LogP contribution in [0.3, 0.4) is 0 Å². The maximum absolute atomic E-state index is 12.4. The molecule has 42 heavy (non-hydrogen) atoms. The van der Waals surface area contributed by atoms with Crippen LogP contribution in [-0.4, -0.2) is 64.7 Å². The minimum atomic E-state index is -0.636. The van der Waals surface area contributed by atoms with Gasteiger partial charge in [0.1, 0.15) is 23.8 Å². The first kappa shape index (κ1) is 33.7. The van der Waals surface area contributed by atoms with Crippen LogP contribution in [0.25, 0.3) is 10.9 Å². The van der Waals surface area contributed by atoms with Crippen LogP contribution in [0.15, 0.2) is 54.9 Å². The number of nitrogens with one attached hydrogen (secondary N) is 3. The van der Waals surface area contributed by atoms with E-state index in [1.807, 2.05) is 18.2 Å². The van der Waals surface area contributed by atoms with Crippen molar-refractivity contribution in [2.75, 3.05) is 31.3 Å². The van der Waals surface area contributed by atoms with Gasteiger partial charge < -0.3 is 31.9 Å². The Kier molecular flexibility index (Phi) is 14.4. The molecule has 0 fully saturated rings. The number of anilines is 2. The molecule has 0 saturated heterocycles. The topological polar surface area (TPSA) is 191 Å². The summed E-state index contributed by atoms with van der Waals surface area (Å²) in [6, 6.07) is 12.6. The molecule has 3 heterocycles. The van der Waals surface area contributed by atoms with Crippen molar-refractivity contribution in [2.24, 2.45) is 17.4 Å². The Hall–Kier alpha value is -4.55. The summed E-state index contributed by atoms with van der Waals surface area (Å²) in [6.45, 7) is 0.547. The normalized spacial score (nSPS) is 10.9. The van der Waals surface area contributed by atoms with Crippen molar-refractivity contribution in [3.8, 4) is 0 Å². The van der Waals surface area contributed by atoms with E-state index in [1.165, 1.54) is 4.68 Å². The zero-order valence-electron chi connectivity index (χ0n) is 23.7. The second-order valence-corrected chi connectivity index (χ2v) is 9.52. The molecule has 3 aromatic heterocycles. The molecule has 0 bridgehead atoms. The molecule has 1 atom stereocenters. The standard InChI is InChI=1S/C18H25N5O3.C6H7ClN2.C5H5NO/c1-21-13-3-5-16-15(10-13)17(18(20)26)22-23(16)11-14(25)4-2-12(6-8-19)7-9-24;1-8-6-4-2-3-5(7)9-6;7-4-5-1-2-6-3-5/h3,5,9-10,12,21H,2,4,6-8,11,19H2,1H3,(H2,20,26);2-4H,1H3,(H,8,9);1-4,6H. The number of benzene rings is 1. The lowest BCUT2D eigenvalue weighted by Crippen LogP contribution is -2.16. The molecule has 4 aromatic rings. The molecule has 0 radical (unpaired) electrons. The fourth-order valence-electron chi connectivity index (χ4n) is 3.96. The Morgan fingerprint density at radius 3 is 2.43 bits per heavy atom. The maximum atomic E-state index is 12.4. The van der Waals surface area contributed by atoms with E-state index in [0.29, 0.717) is 47.4 Å². The minimum Gasteiger partial charge on any atom is -0.388 e. The van der Waals surface area contributed by atoms with Gasteiger partial charge in [-0.3, -0.25) is 19.1 Å². The zero-order chi connectivity index (χ0) is 30.9. The van der Waals surface area contributed by atoms with Gasteiger partial charge in [-0.15, -0.1) is 0 Å². The van der Waals surface area contributed by atoms with Gasteiger partial charge in [0.05, 0.1) is 5.52 Å². The van der Waals surface area contributed by atoms with Crippen LogP contribution in [-0.2, 0) is 16.1 Å². The summed E-state index contributed by atoms with van der Waals surface area (Å²) in [4.78, 5) is 51.3. The smallest absolute Gasteiger partial charge is 0.269 e. The molecule has 12 nitrogen and oxygen atoms in total. The van der Waals surface area contributed by atoms with Gasteiger partial charge in [0.15, 0.2) is 17.8 Å². The molecule has 0 saturated carbocycles. The number of nitrogens with two attached hydrogens (primary N) is 2. The number of ketones is 1. The highest BCUT2D eigenvalue weighted by Gasteiger charge is 2.18. The highest BCUT2D eigenvalue weighted by Crippen LogP contribution is 2.23. The second kappa shape index (κ2) is 18.0. The van der Waals surface area contributed by atoms with E-state index >= 15 is 0 Å². The van der Waals surface area contributed by atoms with Gasteiger partial charge in [0.2, 0.25) is 0 Å². The summed E-state index contributed by atoms with van der Waals surface area (Å²) < 4.78 is 1.51. The number of aromatic nitrogens is 4. The van der Waals surface area contributed by atoms with Gasteiger partial charge >= 0.3 is 0 Å². The molecule has 1 amide bonds. The molecule has 0 aliphatic rings. The van der Waals surface area contributed by atoms with Crippen molar-refractivity contribution in [1.82, 2.24) is 19.7 Å². The van der Waals surface area contributed by atoms with Crippen LogP contribution in [0.1, 0.15) is 46.5 Å². The molecule has 224 valence electrons. The zero-order valence-corrected chi connectivity index (χ0v) is 24.4. The van der Waals surface area contributed by atoms with Crippen molar-refractivity contribution in [2.45, 2.75) is 32.2 Å². The first-order valence-electron chi connectivity index (χ1n) is 13.3. The van der Waals surface area contributed by atoms with Crippen LogP contribution in [0.2, 0.25) is 5.15 Å². The van der Waals surface area contributed by atoms with Crippen molar-refractivity contribution >= 4 is 58.3 Å². The van der Waals surface area contributed by atoms with E-state index in [0.717, 1.165) is 30.5 Å². The largest absolute Gasteiger partial charge is 0.388 e. The Labute approximate surface area is 249 Å². The van der Waals surface area contributed by atoms with Gasteiger partial charge in [-0.2, -0.15) is 5.10 Å². The molecule has 1 aromatic carbocycles. The van der Waals surface area contributed by atoms with E-state index < -0.39 is 5.91 Å². The number of pyridine rings is 1.